The molecule has 39 heavy (non-hydrogen) atoms. The van der Waals surface area contributed by atoms with Crippen LogP contribution < -0.4 is 20.9 Å². The SMILES string of the molecule is Cc1ccc(CN(Cc2ccc(C)nc2C)c2cc(OCC3CC3c3ccc(N)cn3)nn(C)c2=O)c(C)n1. The molecule has 9 nitrogen and oxygen atoms in total. The first-order valence-electron chi connectivity index (χ1n) is 13.2. The van der Waals surface area contributed by atoms with Crippen molar-refractivity contribution in [2.75, 3.05) is 17.2 Å². The van der Waals surface area contributed by atoms with Crippen LogP contribution in [0.5, 0.6) is 5.88 Å². The van der Waals surface area contributed by atoms with E-state index in [-0.39, 0.29) is 5.56 Å². The maximum Gasteiger partial charge on any atom is 0.290 e. The summed E-state index contributed by atoms with van der Waals surface area (Å²) >= 11 is 0. The van der Waals surface area contributed by atoms with Gasteiger partial charge in [-0.25, -0.2) is 4.68 Å². The normalized spacial score (nSPS) is 16.2. The fourth-order valence-corrected chi connectivity index (χ4v) is 4.89. The molecule has 1 aliphatic rings. The molecular formula is C30H35N7O2. The van der Waals surface area contributed by atoms with Gasteiger partial charge >= 0.3 is 0 Å². The summed E-state index contributed by atoms with van der Waals surface area (Å²) in [6, 6.07) is 13.8. The molecule has 4 aromatic heterocycles. The van der Waals surface area contributed by atoms with Crippen LogP contribution in [0.4, 0.5) is 11.4 Å². The van der Waals surface area contributed by atoms with Crippen LogP contribution in [0.25, 0.3) is 0 Å². The third kappa shape index (κ3) is 6.08. The molecule has 9 heteroatoms. The van der Waals surface area contributed by atoms with Gasteiger partial charge in [0.2, 0.25) is 5.88 Å². The summed E-state index contributed by atoms with van der Waals surface area (Å²) in [5, 5.41) is 4.40. The van der Waals surface area contributed by atoms with E-state index in [1.165, 1.54) is 4.68 Å². The highest BCUT2D eigenvalue weighted by atomic mass is 16.5. The lowest BCUT2D eigenvalue weighted by Gasteiger charge is -2.26. The standard InChI is InChI=1S/C30H35N7O2/c1-18-6-8-22(20(3)33-18)15-37(16-23-9-7-19(2)34-21(23)4)28-13-29(35-36(5)30(28)38)39-17-24-12-26(24)27-11-10-25(31)14-32-27/h6-11,13-14,24,26H,12,15-17,31H2,1-5H3. The van der Waals surface area contributed by atoms with Crippen LogP contribution in [0.2, 0.25) is 0 Å². The summed E-state index contributed by atoms with van der Waals surface area (Å²) in [7, 11) is 1.66. The molecule has 2 atom stereocenters. The van der Waals surface area contributed by atoms with E-state index in [0.29, 0.717) is 48.8 Å². The smallest absolute Gasteiger partial charge is 0.290 e. The Kier molecular flexibility index (Phi) is 7.32. The number of aryl methyl sites for hydroxylation is 5. The Morgan fingerprint density at radius 3 is 2.18 bits per heavy atom. The number of hydrogen-bond donors (Lipinski definition) is 1. The second-order valence-corrected chi connectivity index (χ2v) is 10.5. The summed E-state index contributed by atoms with van der Waals surface area (Å²) in [6.07, 6.45) is 2.69. The van der Waals surface area contributed by atoms with Gasteiger partial charge in [-0.15, -0.1) is 5.10 Å². The Morgan fingerprint density at radius 2 is 1.62 bits per heavy atom. The minimum atomic E-state index is -0.187. The summed E-state index contributed by atoms with van der Waals surface area (Å²) in [5.41, 5.74) is 13.7. The fraction of sp³-hybridized carbons (Fsp3) is 0.367. The zero-order valence-corrected chi connectivity index (χ0v) is 23.2. The molecule has 1 fully saturated rings. The van der Waals surface area contributed by atoms with Crippen molar-refractivity contribution in [3.8, 4) is 5.88 Å². The van der Waals surface area contributed by atoms with Crippen LogP contribution in [0.15, 0.2) is 53.5 Å². The van der Waals surface area contributed by atoms with Gasteiger partial charge in [0.15, 0.2) is 0 Å². The van der Waals surface area contributed by atoms with Gasteiger partial charge in [0.1, 0.15) is 5.69 Å². The van der Waals surface area contributed by atoms with E-state index in [0.717, 1.165) is 46.0 Å². The van der Waals surface area contributed by atoms with E-state index in [9.17, 15) is 4.79 Å². The van der Waals surface area contributed by atoms with Gasteiger partial charge in [-0.3, -0.25) is 19.7 Å². The van der Waals surface area contributed by atoms with E-state index in [2.05, 4.69) is 37.1 Å². The second-order valence-electron chi connectivity index (χ2n) is 10.5. The van der Waals surface area contributed by atoms with Crippen molar-refractivity contribution in [2.24, 2.45) is 13.0 Å². The highest BCUT2D eigenvalue weighted by molar-refractivity contribution is 5.49. The molecular weight excluding hydrogens is 490 g/mol. The van der Waals surface area contributed by atoms with Gasteiger partial charge < -0.3 is 15.4 Å². The molecule has 0 spiro atoms. The lowest BCUT2D eigenvalue weighted by molar-refractivity contribution is 0.278. The van der Waals surface area contributed by atoms with Crippen molar-refractivity contribution in [1.29, 1.82) is 0 Å². The molecule has 0 bridgehead atoms. The molecule has 0 saturated heterocycles. The third-order valence-electron chi connectivity index (χ3n) is 7.31. The molecule has 5 rings (SSSR count). The molecule has 4 heterocycles. The number of pyridine rings is 3. The maximum absolute atomic E-state index is 13.4. The Balaban J connectivity index is 1.41. The van der Waals surface area contributed by atoms with E-state index in [1.54, 1.807) is 19.3 Å². The van der Waals surface area contributed by atoms with Gasteiger partial charge in [0.25, 0.3) is 5.56 Å². The number of aromatic nitrogens is 5. The van der Waals surface area contributed by atoms with Gasteiger partial charge in [-0.2, -0.15) is 0 Å². The van der Waals surface area contributed by atoms with Crippen molar-refractivity contribution in [3.05, 3.63) is 98.6 Å². The first kappa shape index (κ1) is 26.3. The zero-order chi connectivity index (χ0) is 27.7. The number of ether oxygens (including phenoxy) is 1. The molecule has 0 aromatic carbocycles. The van der Waals surface area contributed by atoms with Crippen LogP contribution in [0.1, 0.15) is 51.9 Å². The van der Waals surface area contributed by atoms with Crippen molar-refractivity contribution in [2.45, 2.75) is 53.1 Å². The largest absolute Gasteiger partial charge is 0.476 e. The molecule has 4 aromatic rings. The summed E-state index contributed by atoms with van der Waals surface area (Å²) in [5.74, 6) is 1.12. The Labute approximate surface area is 228 Å². The van der Waals surface area contributed by atoms with Gasteiger partial charge in [-0.1, -0.05) is 12.1 Å². The monoisotopic (exact) mass is 525 g/mol. The topological polar surface area (TPSA) is 112 Å². The van der Waals surface area contributed by atoms with Crippen LogP contribution >= 0.6 is 0 Å². The van der Waals surface area contributed by atoms with Crippen molar-refractivity contribution in [3.63, 3.8) is 0 Å². The molecule has 202 valence electrons. The number of nitrogens with two attached hydrogens (primary N) is 1. The van der Waals surface area contributed by atoms with E-state index < -0.39 is 0 Å². The van der Waals surface area contributed by atoms with Crippen LogP contribution in [-0.2, 0) is 20.1 Å². The van der Waals surface area contributed by atoms with Crippen molar-refractivity contribution >= 4 is 11.4 Å². The molecule has 1 saturated carbocycles. The molecule has 0 amide bonds. The maximum atomic E-state index is 13.4. The molecule has 0 aliphatic heterocycles. The Bertz CT molecular complexity index is 1490. The lowest BCUT2D eigenvalue weighted by Crippen LogP contribution is -2.32. The summed E-state index contributed by atoms with van der Waals surface area (Å²) < 4.78 is 7.49. The Hall–Kier alpha value is -4.27. The van der Waals surface area contributed by atoms with Crippen LogP contribution in [-0.4, -0.2) is 31.3 Å². The highest BCUT2D eigenvalue weighted by Crippen LogP contribution is 2.46. The van der Waals surface area contributed by atoms with E-state index in [4.69, 9.17) is 10.5 Å². The minimum absolute atomic E-state index is 0.187. The minimum Gasteiger partial charge on any atom is -0.476 e. The van der Waals surface area contributed by atoms with Gasteiger partial charge in [0.05, 0.1) is 18.5 Å². The predicted octanol–water partition coefficient (Wildman–Crippen LogP) is 4.17. The average molecular weight is 526 g/mol. The van der Waals surface area contributed by atoms with E-state index in [1.807, 2.05) is 52.0 Å². The van der Waals surface area contributed by atoms with E-state index >= 15 is 0 Å². The average Bonchev–Trinajstić information content (AvgIpc) is 3.67. The fourth-order valence-electron chi connectivity index (χ4n) is 4.89. The first-order chi connectivity index (χ1) is 18.7. The van der Waals surface area contributed by atoms with Crippen molar-refractivity contribution in [1.82, 2.24) is 24.7 Å². The third-order valence-corrected chi connectivity index (χ3v) is 7.31. The number of nitrogen functional groups attached to an aromatic ring is 1. The summed E-state index contributed by atoms with van der Waals surface area (Å²) in [4.78, 5) is 29.2. The first-order valence-corrected chi connectivity index (χ1v) is 13.2. The molecule has 2 N–H and O–H groups in total. The molecule has 0 radical (unpaired) electrons. The Morgan fingerprint density at radius 1 is 0.974 bits per heavy atom. The number of rotatable bonds is 9. The predicted molar refractivity (Wildman–Crippen MR) is 152 cm³/mol. The quantitative estimate of drug-likeness (QED) is 0.347. The lowest BCUT2D eigenvalue weighted by atomic mass is 10.1. The van der Waals surface area contributed by atoms with Crippen LogP contribution in [0.3, 0.4) is 0 Å². The zero-order valence-electron chi connectivity index (χ0n) is 23.2. The molecule has 1 aliphatic carbocycles. The molecule has 2 unspecified atom stereocenters. The van der Waals surface area contributed by atoms with Gasteiger partial charge in [-0.05, 0) is 69.5 Å². The number of anilines is 2. The second kappa shape index (κ2) is 10.8. The number of nitrogens with zero attached hydrogens (tertiary/aromatic N) is 6. The number of hydrogen-bond acceptors (Lipinski definition) is 8. The highest BCUT2D eigenvalue weighted by Gasteiger charge is 2.40. The summed E-state index contributed by atoms with van der Waals surface area (Å²) in [6.45, 7) is 9.49. The van der Waals surface area contributed by atoms with Crippen LogP contribution in [0, 0.1) is 33.6 Å². The van der Waals surface area contributed by atoms with Crippen molar-refractivity contribution < 1.29 is 4.74 Å². The van der Waals surface area contributed by atoms with Gasteiger partial charge in [0, 0.05) is 66.5 Å².